The summed E-state index contributed by atoms with van der Waals surface area (Å²) >= 11 is 1.87. The highest BCUT2D eigenvalue weighted by Crippen LogP contribution is 2.39. The van der Waals surface area contributed by atoms with E-state index in [1.807, 2.05) is 11.8 Å². The zero-order valence-electron chi connectivity index (χ0n) is 23.1. The summed E-state index contributed by atoms with van der Waals surface area (Å²) in [5.74, 6) is -1.49. The van der Waals surface area contributed by atoms with E-state index in [0.717, 1.165) is 63.5 Å². The first kappa shape index (κ1) is 29.9. The molecule has 0 unspecified atom stereocenters. The summed E-state index contributed by atoms with van der Waals surface area (Å²) in [6, 6.07) is 6.43. The standard InChI is InChI=1S/C28H39N5O6S/c1-18-23(26(34)35)25(24(27(36)37)19(2)30-18)20-5-3-6-21(17-20)31-28(38)29-9-4-10-32-11-7-22(8-12-32)33(39)13-15-40-16-14-33/h3,5-6,17,22,25,30H,4,7-16H2,1-2H3,(H,34,35)(H,36,37)(H2,29,31,38). The number of nitrogens with zero attached hydrogens (tertiary/aromatic N) is 2. The molecule has 3 aliphatic heterocycles. The van der Waals surface area contributed by atoms with Crippen LogP contribution in [0.25, 0.3) is 0 Å². The Labute approximate surface area is 238 Å². The van der Waals surface area contributed by atoms with E-state index in [1.165, 1.54) is 0 Å². The number of aliphatic carboxylic acids is 2. The molecule has 1 aromatic carbocycles. The summed E-state index contributed by atoms with van der Waals surface area (Å²) in [6.45, 7) is 7.81. The van der Waals surface area contributed by atoms with Gasteiger partial charge in [0.1, 0.15) is 0 Å². The number of benzene rings is 1. The molecule has 12 heteroatoms. The lowest BCUT2D eigenvalue weighted by Gasteiger charge is -2.53. The lowest BCUT2D eigenvalue weighted by molar-refractivity contribution is -0.903. The number of carboxylic acid groups (broad SMARTS) is 2. The highest BCUT2D eigenvalue weighted by atomic mass is 32.2. The maximum Gasteiger partial charge on any atom is 0.334 e. The number of carbonyl (C=O) groups excluding carboxylic acids is 1. The molecule has 0 saturated carbocycles. The van der Waals surface area contributed by atoms with Crippen molar-refractivity contribution in [1.29, 1.82) is 0 Å². The van der Waals surface area contributed by atoms with E-state index < -0.39 is 23.9 Å². The average molecular weight is 574 g/mol. The Kier molecular flexibility index (Phi) is 9.77. The molecule has 40 heavy (non-hydrogen) atoms. The Balaban J connectivity index is 1.28. The van der Waals surface area contributed by atoms with E-state index in [0.29, 0.717) is 29.2 Å². The molecule has 218 valence electrons. The quantitative estimate of drug-likeness (QED) is 0.170. The third kappa shape index (κ3) is 6.98. The monoisotopic (exact) mass is 573 g/mol. The number of piperidine rings is 1. The van der Waals surface area contributed by atoms with Gasteiger partial charge >= 0.3 is 18.0 Å². The molecule has 3 heterocycles. The molecule has 5 N–H and O–H groups in total. The number of urea groups is 1. The van der Waals surface area contributed by atoms with Gasteiger partial charge in [0, 0.05) is 61.1 Å². The van der Waals surface area contributed by atoms with Gasteiger partial charge in [-0.1, -0.05) is 12.1 Å². The second-order valence-electron chi connectivity index (χ2n) is 10.7. The third-order valence-corrected chi connectivity index (χ3v) is 9.03. The topological polar surface area (TPSA) is 154 Å². The van der Waals surface area contributed by atoms with Crippen LogP contribution in [0, 0.1) is 5.21 Å². The minimum Gasteiger partial charge on any atom is -0.633 e. The van der Waals surface area contributed by atoms with Crippen molar-refractivity contribution in [3.63, 3.8) is 0 Å². The number of carboxylic acids is 2. The molecule has 0 bridgehead atoms. The number of hydrogen-bond acceptors (Lipinski definition) is 7. The van der Waals surface area contributed by atoms with Crippen LogP contribution in [0.5, 0.6) is 0 Å². The van der Waals surface area contributed by atoms with Gasteiger partial charge in [-0.3, -0.25) is 0 Å². The summed E-state index contributed by atoms with van der Waals surface area (Å²) in [5, 5.41) is 41.2. The van der Waals surface area contributed by atoms with Gasteiger partial charge in [-0.25, -0.2) is 14.4 Å². The van der Waals surface area contributed by atoms with Gasteiger partial charge in [0.25, 0.3) is 0 Å². The fraction of sp³-hybridized carbons (Fsp3) is 0.536. The molecule has 3 aliphatic rings. The van der Waals surface area contributed by atoms with Crippen LogP contribution in [0.1, 0.15) is 44.6 Å². The highest BCUT2D eigenvalue weighted by molar-refractivity contribution is 7.99. The zero-order chi connectivity index (χ0) is 28.9. The van der Waals surface area contributed by atoms with Crippen LogP contribution in [0.15, 0.2) is 46.8 Å². The largest absolute Gasteiger partial charge is 0.633 e. The summed E-state index contributed by atoms with van der Waals surface area (Å²) in [6.07, 6.45) is 2.62. The van der Waals surface area contributed by atoms with E-state index in [4.69, 9.17) is 0 Å². The lowest BCUT2D eigenvalue weighted by atomic mass is 9.80. The second-order valence-corrected chi connectivity index (χ2v) is 11.9. The van der Waals surface area contributed by atoms with Crippen molar-refractivity contribution in [3.8, 4) is 0 Å². The van der Waals surface area contributed by atoms with Crippen LogP contribution < -0.4 is 16.0 Å². The highest BCUT2D eigenvalue weighted by Gasteiger charge is 2.37. The van der Waals surface area contributed by atoms with E-state index in [2.05, 4.69) is 20.9 Å². The Morgan fingerprint density at radius 1 is 1.07 bits per heavy atom. The summed E-state index contributed by atoms with van der Waals surface area (Å²) in [7, 11) is 0. The van der Waals surface area contributed by atoms with Crippen molar-refractivity contribution in [1.82, 2.24) is 15.5 Å². The minimum absolute atomic E-state index is 0.0254. The van der Waals surface area contributed by atoms with Crippen LogP contribution in [-0.4, -0.2) is 94.5 Å². The van der Waals surface area contributed by atoms with Crippen LogP contribution in [-0.2, 0) is 9.59 Å². The van der Waals surface area contributed by atoms with Gasteiger partial charge in [-0.05, 0) is 44.5 Å². The number of thioether (sulfide) groups is 1. The molecule has 2 fully saturated rings. The first-order valence-electron chi connectivity index (χ1n) is 13.8. The maximum atomic E-state index is 13.1. The van der Waals surface area contributed by atoms with E-state index in [-0.39, 0.29) is 21.8 Å². The summed E-state index contributed by atoms with van der Waals surface area (Å²) in [5.41, 5.74) is 1.55. The predicted molar refractivity (Wildman–Crippen MR) is 155 cm³/mol. The van der Waals surface area contributed by atoms with Gasteiger partial charge < -0.3 is 40.9 Å². The van der Waals surface area contributed by atoms with Crippen molar-refractivity contribution in [2.45, 2.75) is 45.1 Å². The normalized spacial score (nSPS) is 20.7. The van der Waals surface area contributed by atoms with Crippen LogP contribution in [0.4, 0.5) is 10.5 Å². The fourth-order valence-corrected chi connectivity index (χ4v) is 7.08. The Hall–Kier alpha value is -3.06. The molecule has 4 rings (SSSR count). The number of hydrogen-bond donors (Lipinski definition) is 5. The number of allylic oxidation sites excluding steroid dienone is 2. The van der Waals surface area contributed by atoms with Gasteiger partial charge in [0.15, 0.2) is 0 Å². The number of dihydropyridines is 1. The van der Waals surface area contributed by atoms with E-state index >= 15 is 0 Å². The lowest BCUT2D eigenvalue weighted by Crippen LogP contribution is -2.58. The average Bonchev–Trinajstić information content (AvgIpc) is 2.91. The molecule has 0 atom stereocenters. The third-order valence-electron chi connectivity index (χ3n) is 8.09. The van der Waals surface area contributed by atoms with Crippen LogP contribution in [0.3, 0.4) is 0 Å². The van der Waals surface area contributed by atoms with Crippen molar-refractivity contribution >= 4 is 35.4 Å². The molecule has 1 aromatic rings. The molecular weight excluding hydrogens is 534 g/mol. The number of quaternary nitrogens is 1. The van der Waals surface area contributed by atoms with Crippen molar-refractivity contribution < 1.29 is 29.2 Å². The number of carbonyl (C=O) groups is 3. The van der Waals surface area contributed by atoms with Crippen molar-refractivity contribution in [3.05, 3.63) is 57.6 Å². The molecule has 2 saturated heterocycles. The summed E-state index contributed by atoms with van der Waals surface area (Å²) < 4.78 is -0.0254. The fourth-order valence-electron chi connectivity index (χ4n) is 6.00. The van der Waals surface area contributed by atoms with E-state index in [1.54, 1.807) is 38.1 Å². The number of amides is 2. The number of rotatable bonds is 9. The zero-order valence-corrected chi connectivity index (χ0v) is 23.9. The van der Waals surface area contributed by atoms with Gasteiger partial charge in [-0.15, -0.1) is 0 Å². The van der Waals surface area contributed by atoms with Crippen molar-refractivity contribution in [2.24, 2.45) is 0 Å². The van der Waals surface area contributed by atoms with Crippen LogP contribution >= 0.6 is 11.8 Å². The predicted octanol–water partition coefficient (Wildman–Crippen LogP) is 3.13. The molecule has 0 radical (unpaired) electrons. The molecule has 11 nitrogen and oxygen atoms in total. The van der Waals surface area contributed by atoms with Gasteiger partial charge in [0.2, 0.25) is 0 Å². The molecule has 0 spiro atoms. The Bertz CT molecular complexity index is 1150. The molecule has 0 aliphatic carbocycles. The van der Waals surface area contributed by atoms with Crippen LogP contribution in [0.2, 0.25) is 0 Å². The van der Waals surface area contributed by atoms with E-state index in [9.17, 15) is 29.8 Å². The first-order chi connectivity index (χ1) is 19.1. The number of anilines is 1. The number of likely N-dealkylation sites (tertiary alicyclic amines) is 1. The maximum absolute atomic E-state index is 13.1. The SMILES string of the molecule is CC1=C(C(=O)O)C(c2cccc(NC(=O)NCCCN3CCC([N+]4([O-])CCSCC4)CC3)c2)C(C(=O)O)=C(C)N1. The minimum atomic E-state index is -1.21. The smallest absolute Gasteiger partial charge is 0.334 e. The Morgan fingerprint density at radius 2 is 1.70 bits per heavy atom. The number of hydroxylamine groups is 3. The first-order valence-corrected chi connectivity index (χ1v) is 14.9. The van der Waals surface area contributed by atoms with Crippen molar-refractivity contribution in [2.75, 3.05) is 56.1 Å². The number of nitrogens with one attached hydrogen (secondary N) is 3. The second kappa shape index (κ2) is 13.1. The van der Waals surface area contributed by atoms with Gasteiger partial charge in [0.05, 0.1) is 36.2 Å². The molecule has 0 aromatic heterocycles. The molecule has 2 amide bonds. The summed E-state index contributed by atoms with van der Waals surface area (Å²) in [4.78, 5) is 39.0. The Morgan fingerprint density at radius 3 is 2.30 bits per heavy atom. The molecular formula is C28H39N5O6S. The van der Waals surface area contributed by atoms with Gasteiger partial charge in [-0.2, -0.15) is 11.8 Å².